The summed E-state index contributed by atoms with van der Waals surface area (Å²) in [5, 5.41) is 6.88. The summed E-state index contributed by atoms with van der Waals surface area (Å²) in [4.78, 5) is 24.0. The lowest BCUT2D eigenvalue weighted by atomic mass is 9.79. The molecule has 0 radical (unpaired) electrons. The number of hydrogen-bond donors (Lipinski definition) is 1. The van der Waals surface area contributed by atoms with Crippen LogP contribution in [0.4, 0.5) is 18.0 Å². The molecule has 1 N–H and O–H groups in total. The lowest BCUT2D eigenvalue weighted by Gasteiger charge is -2.47. The predicted octanol–water partition coefficient (Wildman–Crippen LogP) is 4.57. The second-order valence-electron chi connectivity index (χ2n) is 13.1. The third-order valence-electron chi connectivity index (χ3n) is 9.54. The van der Waals surface area contributed by atoms with Crippen molar-refractivity contribution in [3.05, 3.63) is 11.7 Å². The molecule has 2 saturated heterocycles. The average molecular weight is 555 g/mol. The normalized spacial score (nSPS) is 31.6. The molecule has 0 spiro atoms. The molecule has 4 fully saturated rings. The zero-order chi connectivity index (χ0) is 27.9. The van der Waals surface area contributed by atoms with E-state index >= 15 is 8.78 Å². The van der Waals surface area contributed by atoms with Gasteiger partial charge in [-0.15, -0.1) is 0 Å². The van der Waals surface area contributed by atoms with Gasteiger partial charge in [0.15, 0.2) is 5.82 Å². The Balaban J connectivity index is 1.17. The van der Waals surface area contributed by atoms with Gasteiger partial charge >= 0.3 is 6.03 Å². The molecule has 2 amide bonds. The van der Waals surface area contributed by atoms with Crippen molar-refractivity contribution in [2.24, 2.45) is 5.92 Å². The maximum absolute atomic E-state index is 15.3. The van der Waals surface area contributed by atoms with E-state index < -0.39 is 29.6 Å². The lowest BCUT2D eigenvalue weighted by molar-refractivity contribution is -0.0961. The second kappa shape index (κ2) is 11.2. The standard InChI is InChI=1S/C28H45F3N6O2/c1-18(2)17-35(4)19-7-12-36(13-8-19)22-6-5-9-28(30,31)23(22)32-26(38)37-14-10-27(3,11-15-37)25-33-24(39-34-25)20-16-21(20)29/h18-23H,5-17H2,1-4H3,(H,32,38)/t20-,21+,22+,23-/m1/s1. The number of hydrogen-bond acceptors (Lipinski definition) is 6. The van der Waals surface area contributed by atoms with Crippen molar-refractivity contribution in [3.8, 4) is 0 Å². The van der Waals surface area contributed by atoms with Gasteiger partial charge in [-0.1, -0.05) is 25.9 Å². The molecule has 2 saturated carbocycles. The summed E-state index contributed by atoms with van der Waals surface area (Å²) in [5.74, 6) is -1.75. The highest BCUT2D eigenvalue weighted by Gasteiger charge is 2.51. The Kier molecular flexibility index (Phi) is 8.21. The van der Waals surface area contributed by atoms with E-state index in [9.17, 15) is 9.18 Å². The largest absolute Gasteiger partial charge is 0.339 e. The topological polar surface area (TPSA) is 77.7 Å². The highest BCUT2D eigenvalue weighted by atomic mass is 19.3. The number of aromatic nitrogens is 2. The van der Waals surface area contributed by atoms with E-state index in [1.807, 2.05) is 6.92 Å². The minimum atomic E-state index is -2.94. The molecular weight excluding hydrogens is 509 g/mol. The van der Waals surface area contributed by atoms with Crippen molar-refractivity contribution < 1.29 is 22.5 Å². The van der Waals surface area contributed by atoms with Crippen molar-refractivity contribution in [1.29, 1.82) is 0 Å². The van der Waals surface area contributed by atoms with Crippen LogP contribution in [-0.4, -0.2) is 101 Å². The fraction of sp³-hybridized carbons (Fsp3) is 0.893. The number of halogens is 3. The van der Waals surface area contributed by atoms with Crippen LogP contribution in [0.2, 0.25) is 0 Å². The zero-order valence-corrected chi connectivity index (χ0v) is 23.8. The van der Waals surface area contributed by atoms with Crippen molar-refractivity contribution in [2.75, 3.05) is 39.8 Å². The number of piperidine rings is 2. The number of urea groups is 1. The van der Waals surface area contributed by atoms with Crippen molar-refractivity contribution in [1.82, 2.24) is 30.2 Å². The molecule has 39 heavy (non-hydrogen) atoms. The maximum Gasteiger partial charge on any atom is 0.317 e. The predicted molar refractivity (Wildman–Crippen MR) is 142 cm³/mol. The van der Waals surface area contributed by atoms with Crippen LogP contribution in [0.5, 0.6) is 0 Å². The Hall–Kier alpha value is -1.88. The fourth-order valence-corrected chi connectivity index (χ4v) is 6.83. The zero-order valence-electron chi connectivity index (χ0n) is 23.8. The van der Waals surface area contributed by atoms with Gasteiger partial charge in [-0.3, -0.25) is 4.90 Å². The molecule has 1 aromatic heterocycles. The van der Waals surface area contributed by atoms with Crippen LogP contribution in [0.15, 0.2) is 4.52 Å². The number of nitrogens with zero attached hydrogens (tertiary/aromatic N) is 5. The first-order valence-corrected chi connectivity index (χ1v) is 14.8. The van der Waals surface area contributed by atoms with Crippen molar-refractivity contribution >= 4 is 6.03 Å². The number of rotatable bonds is 7. The Morgan fingerprint density at radius 1 is 1.15 bits per heavy atom. The fourth-order valence-electron chi connectivity index (χ4n) is 6.83. The van der Waals surface area contributed by atoms with E-state index in [4.69, 9.17) is 4.52 Å². The minimum Gasteiger partial charge on any atom is -0.339 e. The van der Waals surface area contributed by atoms with E-state index in [0.29, 0.717) is 68.9 Å². The molecule has 0 aromatic carbocycles. The van der Waals surface area contributed by atoms with Crippen LogP contribution >= 0.6 is 0 Å². The number of carbonyl (C=O) groups excluding carboxylic acids is 1. The lowest BCUT2D eigenvalue weighted by Crippen LogP contribution is -2.65. The summed E-state index contributed by atoms with van der Waals surface area (Å²) in [6, 6.07) is -1.50. The molecule has 8 nitrogen and oxygen atoms in total. The molecule has 220 valence electrons. The average Bonchev–Trinajstić information content (AvgIpc) is 3.40. The Morgan fingerprint density at radius 3 is 2.44 bits per heavy atom. The number of amides is 2. The molecule has 4 atom stereocenters. The molecule has 0 bridgehead atoms. The molecule has 2 aliphatic heterocycles. The van der Waals surface area contributed by atoms with E-state index in [2.05, 4.69) is 46.2 Å². The first kappa shape index (κ1) is 28.6. The Labute approximate surface area is 230 Å². The number of nitrogens with one attached hydrogen (secondary N) is 1. The maximum atomic E-state index is 15.3. The smallest absolute Gasteiger partial charge is 0.317 e. The van der Waals surface area contributed by atoms with E-state index in [1.54, 1.807) is 4.90 Å². The van der Waals surface area contributed by atoms with Gasteiger partial charge in [0.1, 0.15) is 12.2 Å². The van der Waals surface area contributed by atoms with Gasteiger partial charge < -0.3 is 19.6 Å². The number of alkyl halides is 3. The third kappa shape index (κ3) is 6.24. The summed E-state index contributed by atoms with van der Waals surface area (Å²) in [7, 11) is 2.16. The monoisotopic (exact) mass is 554 g/mol. The van der Waals surface area contributed by atoms with Crippen LogP contribution in [0.1, 0.15) is 89.8 Å². The molecule has 0 unspecified atom stereocenters. The molecular formula is C28H45F3N6O2. The van der Waals surface area contributed by atoms with E-state index in [-0.39, 0.29) is 18.4 Å². The second-order valence-corrected chi connectivity index (χ2v) is 13.1. The molecule has 4 aliphatic rings. The minimum absolute atomic E-state index is 0.193. The van der Waals surface area contributed by atoms with Crippen LogP contribution in [0.25, 0.3) is 0 Å². The molecule has 1 aromatic rings. The first-order valence-electron chi connectivity index (χ1n) is 14.8. The quantitative estimate of drug-likeness (QED) is 0.532. The molecule has 11 heteroatoms. The van der Waals surface area contributed by atoms with Crippen LogP contribution in [-0.2, 0) is 5.41 Å². The van der Waals surface area contributed by atoms with Gasteiger partial charge in [0, 0.05) is 56.6 Å². The molecule has 5 rings (SSSR count). The summed E-state index contributed by atoms with van der Waals surface area (Å²) < 4.78 is 49.2. The summed E-state index contributed by atoms with van der Waals surface area (Å²) in [5.41, 5.74) is -0.399. The first-order chi connectivity index (χ1) is 18.5. The van der Waals surface area contributed by atoms with Gasteiger partial charge in [0.25, 0.3) is 5.92 Å². The van der Waals surface area contributed by atoms with Crippen molar-refractivity contribution in [3.63, 3.8) is 0 Å². The van der Waals surface area contributed by atoms with E-state index in [0.717, 1.165) is 32.5 Å². The number of likely N-dealkylation sites (tertiary alicyclic amines) is 2. The molecule has 2 aliphatic carbocycles. The SMILES string of the molecule is CC(C)CN(C)C1CCN([C@H]2CCCC(F)(F)[C@@H]2NC(=O)N2CCC(C)(c3noc([C@@H]4C[C@@H]4F)n3)CC2)CC1. The highest BCUT2D eigenvalue weighted by Crippen LogP contribution is 2.44. The van der Waals surface area contributed by atoms with Gasteiger partial charge in [-0.05, 0) is 57.9 Å². The van der Waals surface area contributed by atoms with Gasteiger partial charge in [0.05, 0.1) is 5.92 Å². The Morgan fingerprint density at radius 2 is 1.82 bits per heavy atom. The third-order valence-corrected chi connectivity index (χ3v) is 9.54. The summed E-state index contributed by atoms with van der Waals surface area (Å²) in [6.45, 7) is 9.86. The number of carbonyl (C=O) groups is 1. The van der Waals surface area contributed by atoms with Gasteiger partial charge in [0.2, 0.25) is 5.89 Å². The van der Waals surface area contributed by atoms with Crippen LogP contribution < -0.4 is 5.32 Å². The van der Waals surface area contributed by atoms with Crippen LogP contribution in [0, 0.1) is 5.92 Å². The molecule has 3 heterocycles. The van der Waals surface area contributed by atoms with Crippen LogP contribution in [0.3, 0.4) is 0 Å². The summed E-state index contributed by atoms with van der Waals surface area (Å²) in [6.07, 6.45) is 3.56. The van der Waals surface area contributed by atoms with E-state index in [1.165, 1.54) is 0 Å². The summed E-state index contributed by atoms with van der Waals surface area (Å²) >= 11 is 0. The van der Waals surface area contributed by atoms with Gasteiger partial charge in [-0.25, -0.2) is 18.0 Å². The van der Waals surface area contributed by atoms with Gasteiger partial charge in [-0.2, -0.15) is 4.98 Å². The van der Waals surface area contributed by atoms with Crippen molar-refractivity contribution in [2.45, 2.75) is 114 Å². The highest BCUT2D eigenvalue weighted by molar-refractivity contribution is 5.75. The Bertz CT molecular complexity index is 990.